The van der Waals surface area contributed by atoms with Crippen molar-refractivity contribution in [3.05, 3.63) is 0 Å². The van der Waals surface area contributed by atoms with Crippen LogP contribution in [0.1, 0.15) is 119 Å². The molecule has 30 heavy (non-hydrogen) atoms. The predicted molar refractivity (Wildman–Crippen MR) is 125 cm³/mol. The van der Waals surface area contributed by atoms with Crippen LogP contribution in [0.5, 0.6) is 0 Å². The summed E-state index contributed by atoms with van der Waals surface area (Å²) in [5.41, 5.74) is 2.28. The fourth-order valence-corrected chi connectivity index (χ4v) is 10.8. The Kier molecular flexibility index (Phi) is 4.90. The predicted octanol–water partition coefficient (Wildman–Crippen LogP) is 8.07. The van der Waals surface area contributed by atoms with Gasteiger partial charge < -0.3 is 0 Å². The molecule has 0 aromatic carbocycles. The van der Waals surface area contributed by atoms with Gasteiger partial charge in [-0.2, -0.15) is 0 Å². The molecule has 0 heterocycles. The number of hydrogen-bond acceptors (Lipinski definition) is 1. The highest BCUT2D eigenvalue weighted by molar-refractivity contribution is 5.82. The van der Waals surface area contributed by atoms with E-state index in [1.807, 2.05) is 0 Å². The summed E-state index contributed by atoms with van der Waals surface area (Å²) < 4.78 is 0. The summed E-state index contributed by atoms with van der Waals surface area (Å²) in [5.74, 6) is 5.25. The molecule has 0 aromatic heterocycles. The van der Waals surface area contributed by atoms with Crippen molar-refractivity contribution in [2.24, 2.45) is 57.2 Å². The quantitative estimate of drug-likeness (QED) is 0.446. The molecular weight excluding hydrogens is 364 g/mol. The van der Waals surface area contributed by atoms with E-state index in [2.05, 4.69) is 41.5 Å². The van der Waals surface area contributed by atoms with Crippen LogP contribution < -0.4 is 0 Å². The minimum absolute atomic E-state index is 0.345. The first kappa shape index (κ1) is 21.5. The molecule has 2 spiro atoms. The third-order valence-electron chi connectivity index (χ3n) is 12.7. The highest BCUT2D eigenvalue weighted by Crippen LogP contribution is 2.88. The fourth-order valence-electron chi connectivity index (χ4n) is 10.8. The van der Waals surface area contributed by atoms with E-state index < -0.39 is 0 Å². The molecule has 0 aromatic rings. The number of rotatable bonds is 5. The van der Waals surface area contributed by atoms with Crippen LogP contribution >= 0.6 is 0 Å². The largest absolute Gasteiger partial charge is 0.299 e. The van der Waals surface area contributed by atoms with Crippen LogP contribution in [0.15, 0.2) is 0 Å². The Bertz CT molecular complexity index is 709. The van der Waals surface area contributed by atoms with Gasteiger partial charge in [-0.25, -0.2) is 0 Å². The maximum Gasteiger partial charge on any atom is 0.136 e. The van der Waals surface area contributed by atoms with Gasteiger partial charge in [0.15, 0.2) is 0 Å². The lowest BCUT2D eigenvalue weighted by Gasteiger charge is -2.61. The van der Waals surface area contributed by atoms with Crippen molar-refractivity contribution in [2.45, 2.75) is 119 Å². The van der Waals surface area contributed by atoms with Gasteiger partial charge in [0.05, 0.1) is 0 Å². The molecule has 9 atom stereocenters. The molecule has 0 bridgehead atoms. The second-order valence-corrected chi connectivity index (χ2v) is 13.8. The fraction of sp³-hybridized carbons (Fsp3) is 0.966. The molecule has 5 aliphatic carbocycles. The second kappa shape index (κ2) is 6.84. The molecule has 0 radical (unpaired) electrons. The van der Waals surface area contributed by atoms with E-state index in [1.54, 1.807) is 0 Å². The van der Waals surface area contributed by atoms with Gasteiger partial charge in [0, 0.05) is 12.3 Å². The van der Waals surface area contributed by atoms with E-state index in [4.69, 9.17) is 0 Å². The topological polar surface area (TPSA) is 17.1 Å². The first-order valence-corrected chi connectivity index (χ1v) is 13.6. The monoisotopic (exact) mass is 412 g/mol. The van der Waals surface area contributed by atoms with Crippen LogP contribution in [0.25, 0.3) is 0 Å². The van der Waals surface area contributed by atoms with E-state index in [-0.39, 0.29) is 0 Å². The molecule has 2 unspecified atom stereocenters. The average Bonchev–Trinajstić information content (AvgIpc) is 3.27. The standard InChI is InChI=1S/C29H48O/c1-19(2)8-7-9-20(3)22-12-14-27(6)25-11-10-23-21(4)24(30)13-15-28(23)18-29(25,28)17-16-26(22,27)5/h19-23,25H,7-18H2,1-6H3/t20-,21?,22-,23?,25+,26-,27+,28-,29-/m1/s1. The zero-order chi connectivity index (χ0) is 21.5. The summed E-state index contributed by atoms with van der Waals surface area (Å²) in [4.78, 5) is 12.5. The first-order valence-electron chi connectivity index (χ1n) is 13.6. The van der Waals surface area contributed by atoms with Gasteiger partial charge in [0.2, 0.25) is 0 Å². The number of carbonyl (C=O) groups excluding carboxylic acids is 1. The maximum absolute atomic E-state index is 12.5. The molecule has 0 amide bonds. The van der Waals surface area contributed by atoms with E-state index >= 15 is 0 Å². The molecule has 1 nitrogen and oxygen atoms in total. The zero-order valence-corrected chi connectivity index (χ0v) is 20.9. The van der Waals surface area contributed by atoms with Crippen LogP contribution in [0.2, 0.25) is 0 Å². The van der Waals surface area contributed by atoms with E-state index in [0.717, 1.165) is 36.0 Å². The number of carbonyl (C=O) groups is 1. The third kappa shape index (κ3) is 2.56. The van der Waals surface area contributed by atoms with Crippen molar-refractivity contribution in [1.29, 1.82) is 0 Å². The second-order valence-electron chi connectivity index (χ2n) is 13.8. The molecule has 170 valence electrons. The number of fused-ring (bicyclic) bond motifs is 2. The van der Waals surface area contributed by atoms with Crippen LogP contribution in [0, 0.1) is 57.2 Å². The smallest absolute Gasteiger partial charge is 0.136 e. The van der Waals surface area contributed by atoms with Gasteiger partial charge in [-0.1, -0.05) is 60.8 Å². The summed E-state index contributed by atoms with van der Waals surface area (Å²) in [6.45, 7) is 15.1. The van der Waals surface area contributed by atoms with E-state index in [1.165, 1.54) is 70.6 Å². The van der Waals surface area contributed by atoms with Crippen LogP contribution in [0.3, 0.4) is 0 Å². The molecule has 5 aliphatic rings. The van der Waals surface area contributed by atoms with Crippen molar-refractivity contribution in [3.63, 3.8) is 0 Å². The zero-order valence-electron chi connectivity index (χ0n) is 20.9. The van der Waals surface area contributed by atoms with Gasteiger partial charge in [-0.3, -0.25) is 4.79 Å². The Balaban J connectivity index is 1.38. The van der Waals surface area contributed by atoms with Crippen molar-refractivity contribution < 1.29 is 4.79 Å². The van der Waals surface area contributed by atoms with Gasteiger partial charge in [0.25, 0.3) is 0 Å². The number of ketones is 1. The highest BCUT2D eigenvalue weighted by atomic mass is 16.1. The summed E-state index contributed by atoms with van der Waals surface area (Å²) in [5, 5.41) is 0. The van der Waals surface area contributed by atoms with E-state index in [9.17, 15) is 4.79 Å². The van der Waals surface area contributed by atoms with Crippen LogP contribution in [-0.4, -0.2) is 5.78 Å². The maximum atomic E-state index is 12.5. The number of hydrogen-bond donors (Lipinski definition) is 0. The minimum Gasteiger partial charge on any atom is -0.299 e. The van der Waals surface area contributed by atoms with Gasteiger partial charge >= 0.3 is 0 Å². The normalized spacial score (nSPS) is 53.0. The molecule has 0 aliphatic heterocycles. The van der Waals surface area contributed by atoms with E-state index in [0.29, 0.717) is 33.4 Å². The lowest BCUT2D eigenvalue weighted by Crippen LogP contribution is -2.55. The SMILES string of the molecule is CC(C)CCC[C@@H](C)[C@H]1CC[C@@]2(C)[C@@H]3CCC4C(C)C(=O)CC[C@@]45C[C@]35CC[C@]12C. The first-order chi connectivity index (χ1) is 14.1. The van der Waals surface area contributed by atoms with Crippen molar-refractivity contribution in [1.82, 2.24) is 0 Å². The highest BCUT2D eigenvalue weighted by Gasteiger charge is 2.81. The third-order valence-corrected chi connectivity index (χ3v) is 12.7. The molecule has 1 heteroatoms. The van der Waals surface area contributed by atoms with Crippen molar-refractivity contribution in [2.75, 3.05) is 0 Å². The molecule has 5 saturated carbocycles. The van der Waals surface area contributed by atoms with Gasteiger partial charge in [-0.05, 0) is 103 Å². The molecule has 0 N–H and O–H groups in total. The van der Waals surface area contributed by atoms with Crippen molar-refractivity contribution >= 4 is 5.78 Å². The Morgan fingerprint density at radius 3 is 2.40 bits per heavy atom. The summed E-state index contributed by atoms with van der Waals surface area (Å²) in [6, 6.07) is 0. The summed E-state index contributed by atoms with van der Waals surface area (Å²) in [6.07, 6.45) is 16.5. The lowest BCUT2D eigenvalue weighted by molar-refractivity contribution is -0.146. The van der Waals surface area contributed by atoms with Crippen LogP contribution in [0.4, 0.5) is 0 Å². The Hall–Kier alpha value is -0.330. The molecule has 5 fully saturated rings. The van der Waals surface area contributed by atoms with Crippen molar-refractivity contribution in [3.8, 4) is 0 Å². The Morgan fingerprint density at radius 1 is 0.900 bits per heavy atom. The lowest BCUT2D eigenvalue weighted by atomic mass is 9.43. The number of Topliss-reactive ketones (excluding diaryl/α,β-unsaturated/α-hetero) is 1. The summed E-state index contributed by atoms with van der Waals surface area (Å²) >= 11 is 0. The average molecular weight is 413 g/mol. The molecular formula is C29H48O. The molecule has 5 rings (SSSR count). The summed E-state index contributed by atoms with van der Waals surface area (Å²) in [7, 11) is 0. The van der Waals surface area contributed by atoms with Crippen LogP contribution in [-0.2, 0) is 4.79 Å². The van der Waals surface area contributed by atoms with Gasteiger partial charge in [-0.15, -0.1) is 0 Å². The molecule has 0 saturated heterocycles. The minimum atomic E-state index is 0.345. The Morgan fingerprint density at radius 2 is 1.67 bits per heavy atom. The Labute approximate surface area is 186 Å². The van der Waals surface area contributed by atoms with Gasteiger partial charge in [0.1, 0.15) is 5.78 Å².